The second-order valence-electron chi connectivity index (χ2n) is 6.12. The van der Waals surface area contributed by atoms with Gasteiger partial charge in [0.1, 0.15) is 12.2 Å². The van der Waals surface area contributed by atoms with Crippen molar-refractivity contribution in [2.45, 2.75) is 6.54 Å². The lowest BCUT2D eigenvalue weighted by Crippen LogP contribution is -2.20. The summed E-state index contributed by atoms with van der Waals surface area (Å²) in [6.07, 6.45) is 5.34. The summed E-state index contributed by atoms with van der Waals surface area (Å²) in [4.78, 5) is 10.8. The van der Waals surface area contributed by atoms with Crippen LogP contribution in [0.1, 0.15) is 5.69 Å². The summed E-state index contributed by atoms with van der Waals surface area (Å²) in [5.41, 5.74) is 3.98. The van der Waals surface area contributed by atoms with Crippen LogP contribution in [0.2, 0.25) is 0 Å². The highest BCUT2D eigenvalue weighted by atomic mass is 16.3. The second kappa shape index (κ2) is 6.97. The normalized spacial score (nSPS) is 11.2. The first-order valence-electron chi connectivity index (χ1n) is 8.47. The van der Waals surface area contributed by atoms with E-state index in [9.17, 15) is 0 Å². The van der Waals surface area contributed by atoms with Crippen LogP contribution in [-0.4, -0.2) is 49.5 Å². The maximum atomic E-state index is 9.07. The van der Waals surface area contributed by atoms with Gasteiger partial charge in [0.05, 0.1) is 18.8 Å². The fourth-order valence-electron chi connectivity index (χ4n) is 3.04. The maximum absolute atomic E-state index is 9.07. The van der Waals surface area contributed by atoms with Crippen molar-refractivity contribution < 1.29 is 5.11 Å². The zero-order valence-electron chi connectivity index (χ0n) is 14.5. The van der Waals surface area contributed by atoms with E-state index >= 15 is 0 Å². The second-order valence-corrected chi connectivity index (χ2v) is 6.12. The molecule has 0 unspecified atom stereocenters. The minimum Gasteiger partial charge on any atom is -0.395 e. The quantitative estimate of drug-likeness (QED) is 0.578. The Hall–Kier alpha value is -3.19. The average molecular weight is 348 g/mol. The van der Waals surface area contributed by atoms with Crippen LogP contribution in [0.15, 0.2) is 61.2 Å². The fourth-order valence-corrected chi connectivity index (χ4v) is 3.04. The molecule has 4 aromatic rings. The van der Waals surface area contributed by atoms with Crippen LogP contribution < -0.4 is 4.90 Å². The van der Waals surface area contributed by atoms with Gasteiger partial charge in [-0.25, -0.2) is 14.5 Å². The summed E-state index contributed by atoms with van der Waals surface area (Å²) in [6, 6.07) is 14.2. The van der Waals surface area contributed by atoms with Gasteiger partial charge in [-0.1, -0.05) is 6.07 Å². The van der Waals surface area contributed by atoms with Gasteiger partial charge >= 0.3 is 0 Å². The van der Waals surface area contributed by atoms with Crippen molar-refractivity contribution in [3.63, 3.8) is 0 Å². The van der Waals surface area contributed by atoms with E-state index in [1.807, 2.05) is 59.2 Å². The lowest BCUT2D eigenvalue weighted by Gasteiger charge is -2.18. The topological polar surface area (TPSA) is 71.5 Å². The number of anilines is 1. The summed E-state index contributed by atoms with van der Waals surface area (Å²) in [5.74, 6) is 0.901. The third-order valence-electron chi connectivity index (χ3n) is 4.43. The number of aliphatic hydroxyl groups is 1. The molecule has 4 rings (SSSR count). The highest BCUT2D eigenvalue weighted by Crippen LogP contribution is 2.22. The molecular formula is C19H20N6O. The van der Waals surface area contributed by atoms with Crippen LogP contribution >= 0.6 is 0 Å². The summed E-state index contributed by atoms with van der Waals surface area (Å²) in [6.45, 7) is 1.40. The van der Waals surface area contributed by atoms with Gasteiger partial charge in [-0.15, -0.1) is 0 Å². The molecule has 3 aromatic heterocycles. The smallest absolute Gasteiger partial charge is 0.155 e. The van der Waals surface area contributed by atoms with Gasteiger partial charge in [-0.3, -0.25) is 0 Å². The minimum atomic E-state index is 0.135. The van der Waals surface area contributed by atoms with Crippen molar-refractivity contribution in [3.05, 3.63) is 66.9 Å². The number of hydrogen-bond donors (Lipinski definition) is 1. The van der Waals surface area contributed by atoms with Gasteiger partial charge in [0.25, 0.3) is 0 Å². The van der Waals surface area contributed by atoms with E-state index in [0.717, 1.165) is 28.4 Å². The monoisotopic (exact) mass is 348 g/mol. The van der Waals surface area contributed by atoms with Gasteiger partial charge in [-0.05, 0) is 36.4 Å². The van der Waals surface area contributed by atoms with Crippen LogP contribution in [-0.2, 0) is 6.54 Å². The van der Waals surface area contributed by atoms with Crippen LogP contribution in [0.4, 0.5) is 5.69 Å². The van der Waals surface area contributed by atoms with Gasteiger partial charge in [-0.2, -0.15) is 5.10 Å². The van der Waals surface area contributed by atoms with E-state index in [4.69, 9.17) is 5.11 Å². The standard InChI is InChI=1S/C19H20N6O/c1-23(11-12-26)16-7-5-15(6-8-16)19-20-9-10-24(19)13-17-3-2-4-18-21-14-22-25(17)18/h2-10,14,26H,11-13H2,1H3. The fraction of sp³-hybridized carbons (Fsp3) is 0.211. The number of benzene rings is 1. The van der Waals surface area contributed by atoms with Gasteiger partial charge in [0.2, 0.25) is 0 Å². The maximum Gasteiger partial charge on any atom is 0.155 e. The molecule has 3 heterocycles. The zero-order valence-corrected chi connectivity index (χ0v) is 14.5. The third-order valence-corrected chi connectivity index (χ3v) is 4.43. The molecule has 26 heavy (non-hydrogen) atoms. The van der Waals surface area contributed by atoms with Crippen molar-refractivity contribution in [2.75, 3.05) is 25.1 Å². The Balaban J connectivity index is 1.62. The van der Waals surface area contributed by atoms with E-state index in [0.29, 0.717) is 13.1 Å². The number of likely N-dealkylation sites (N-methyl/N-ethyl adjacent to an activating group) is 1. The predicted octanol–water partition coefficient (Wildman–Crippen LogP) is 2.07. The minimum absolute atomic E-state index is 0.135. The molecule has 0 atom stereocenters. The first-order valence-corrected chi connectivity index (χ1v) is 8.47. The van der Waals surface area contributed by atoms with Crippen molar-refractivity contribution in [1.29, 1.82) is 0 Å². The van der Waals surface area contributed by atoms with Crippen LogP contribution in [0.5, 0.6) is 0 Å². The molecule has 0 saturated heterocycles. The number of imidazole rings is 1. The first-order chi connectivity index (χ1) is 12.8. The number of pyridine rings is 1. The third kappa shape index (κ3) is 3.04. The molecule has 1 N–H and O–H groups in total. The van der Waals surface area contributed by atoms with E-state index in [1.54, 1.807) is 6.33 Å². The number of fused-ring (bicyclic) bond motifs is 1. The predicted molar refractivity (Wildman–Crippen MR) is 100 cm³/mol. The van der Waals surface area contributed by atoms with Crippen molar-refractivity contribution in [3.8, 4) is 11.4 Å². The highest BCUT2D eigenvalue weighted by molar-refractivity contribution is 5.61. The van der Waals surface area contributed by atoms with Gasteiger partial charge in [0, 0.05) is 37.2 Å². The number of aliphatic hydroxyl groups excluding tert-OH is 1. The Labute approximate surface area is 151 Å². The Bertz CT molecular complexity index is 1000. The number of aromatic nitrogens is 5. The zero-order chi connectivity index (χ0) is 17.9. The number of rotatable bonds is 6. The molecule has 0 aliphatic rings. The molecule has 0 bridgehead atoms. The number of hydrogen-bond acceptors (Lipinski definition) is 5. The molecule has 7 heteroatoms. The summed E-state index contributed by atoms with van der Waals surface area (Å²) < 4.78 is 3.94. The van der Waals surface area contributed by atoms with Crippen LogP contribution in [0.3, 0.4) is 0 Å². The van der Waals surface area contributed by atoms with E-state index in [2.05, 4.69) is 31.8 Å². The summed E-state index contributed by atoms with van der Waals surface area (Å²) in [5, 5.41) is 13.4. The number of nitrogens with zero attached hydrogens (tertiary/aromatic N) is 6. The molecule has 0 fully saturated rings. The Morgan fingerprint density at radius 3 is 2.73 bits per heavy atom. The highest BCUT2D eigenvalue weighted by Gasteiger charge is 2.10. The van der Waals surface area contributed by atoms with Gasteiger partial charge in [0.15, 0.2) is 5.65 Å². The molecule has 0 saturated carbocycles. The molecule has 132 valence electrons. The van der Waals surface area contributed by atoms with Crippen LogP contribution in [0.25, 0.3) is 17.0 Å². The molecule has 0 radical (unpaired) electrons. The Kier molecular flexibility index (Phi) is 4.37. The molecule has 0 spiro atoms. The largest absolute Gasteiger partial charge is 0.395 e. The molecule has 0 aliphatic heterocycles. The van der Waals surface area contributed by atoms with Crippen LogP contribution in [0, 0.1) is 0 Å². The lowest BCUT2D eigenvalue weighted by atomic mass is 10.2. The van der Waals surface area contributed by atoms with Gasteiger partial charge < -0.3 is 14.6 Å². The molecule has 1 aromatic carbocycles. The molecule has 7 nitrogen and oxygen atoms in total. The van der Waals surface area contributed by atoms with Crippen molar-refractivity contribution in [2.24, 2.45) is 0 Å². The lowest BCUT2D eigenvalue weighted by molar-refractivity contribution is 0.304. The van der Waals surface area contributed by atoms with E-state index in [-0.39, 0.29) is 6.61 Å². The van der Waals surface area contributed by atoms with Crippen molar-refractivity contribution in [1.82, 2.24) is 24.1 Å². The molecule has 0 aliphatic carbocycles. The SMILES string of the molecule is CN(CCO)c1ccc(-c2nccn2Cc2cccc3ncnn23)cc1. The Morgan fingerprint density at radius 2 is 1.92 bits per heavy atom. The molecular weight excluding hydrogens is 328 g/mol. The summed E-state index contributed by atoms with van der Waals surface area (Å²) in [7, 11) is 1.96. The Morgan fingerprint density at radius 1 is 1.08 bits per heavy atom. The first kappa shape index (κ1) is 16.3. The average Bonchev–Trinajstić information content (AvgIpc) is 3.32. The van der Waals surface area contributed by atoms with E-state index in [1.165, 1.54) is 0 Å². The summed E-state index contributed by atoms with van der Waals surface area (Å²) >= 11 is 0. The van der Waals surface area contributed by atoms with Crippen molar-refractivity contribution >= 4 is 11.3 Å². The molecule has 0 amide bonds. The van der Waals surface area contributed by atoms with E-state index < -0.39 is 0 Å².